The van der Waals surface area contributed by atoms with Gasteiger partial charge in [-0.15, -0.1) is 15.0 Å². The van der Waals surface area contributed by atoms with Gasteiger partial charge in [-0.1, -0.05) is 47.9 Å². The van der Waals surface area contributed by atoms with E-state index in [4.69, 9.17) is 12.3 Å². The maximum absolute atomic E-state index is 11.2. The molecule has 0 aliphatic rings. The minimum absolute atomic E-state index is 0. The maximum Gasteiger partial charge on any atom is 0.315 e. The summed E-state index contributed by atoms with van der Waals surface area (Å²) in [7, 11) is -8.39. The molecule has 0 radical (unpaired) electrons. The number of nitrogens with zero attached hydrogens (tertiary/aromatic N) is 3. The van der Waals surface area contributed by atoms with Crippen LogP contribution in [0.1, 0.15) is 47.3 Å². The van der Waals surface area contributed by atoms with Crippen LogP contribution in [0.15, 0.2) is 36.4 Å². The average Bonchev–Trinajstić information content (AvgIpc) is 3.10. The van der Waals surface area contributed by atoms with Crippen molar-refractivity contribution in [2.24, 2.45) is 0 Å². The molecule has 11 heteroatoms. The van der Waals surface area contributed by atoms with E-state index in [2.05, 4.69) is 69.1 Å². The zero-order valence-corrected chi connectivity index (χ0v) is 27.6. The highest BCUT2D eigenvalue weighted by molar-refractivity contribution is 6.89. The fraction of sp³-hybridized carbons (Fsp3) is 0.586. The molecule has 0 aliphatic heterocycles. The van der Waals surface area contributed by atoms with Gasteiger partial charge in [-0.05, 0) is 114 Å². The molecule has 1 unspecified atom stereocenters. The van der Waals surface area contributed by atoms with Crippen LogP contribution in [0.5, 0.6) is 5.75 Å². The van der Waals surface area contributed by atoms with Crippen molar-refractivity contribution in [3.05, 3.63) is 47.5 Å². The molecule has 0 saturated carbocycles. The molecule has 3 aromatic rings. The molecule has 0 aliphatic carbocycles. The van der Waals surface area contributed by atoms with E-state index in [9.17, 15) is 5.11 Å². The Hall–Kier alpha value is -1.61. The van der Waals surface area contributed by atoms with Crippen LogP contribution in [0.3, 0.4) is 0 Å². The molecule has 2 aromatic carbocycles. The lowest BCUT2D eigenvalue weighted by atomic mass is 10.0. The van der Waals surface area contributed by atoms with E-state index >= 15 is 0 Å². The van der Waals surface area contributed by atoms with Crippen molar-refractivity contribution in [2.75, 3.05) is 0 Å². The van der Waals surface area contributed by atoms with E-state index in [-0.39, 0.29) is 35.5 Å². The van der Waals surface area contributed by atoms with Gasteiger partial charge in [-0.25, -0.2) is 0 Å². The van der Waals surface area contributed by atoms with Crippen LogP contribution in [0.25, 0.3) is 16.7 Å². The summed E-state index contributed by atoms with van der Waals surface area (Å²) in [5.41, 5.74) is 4.16. The van der Waals surface area contributed by atoms with Gasteiger partial charge in [0, 0.05) is 0 Å². The van der Waals surface area contributed by atoms with E-state index in [1.807, 2.05) is 43.3 Å². The number of phenols is 1. The number of benzene rings is 2. The van der Waals surface area contributed by atoms with Crippen LogP contribution in [0, 0.1) is 6.92 Å². The summed E-state index contributed by atoms with van der Waals surface area (Å²) in [6, 6.07) is 12.5. The highest BCUT2D eigenvalue weighted by Crippen LogP contribution is 2.32. The first-order chi connectivity index (χ1) is 16.5. The van der Waals surface area contributed by atoms with Gasteiger partial charge in [0.25, 0.3) is 0 Å². The molecule has 0 spiro atoms. The minimum atomic E-state index is -2.50. The lowest BCUT2D eigenvalue weighted by Crippen LogP contribution is -2.56. The summed E-state index contributed by atoms with van der Waals surface area (Å²) in [6.07, 6.45) is 1.58. The SMILES string of the molecule is C.C.C.C.Cc1cc(CCC[Si](C)(O[Si](C)(C)C)O[Si](C)(C)O[Si](C)(C)C)c(O)c(-n2nc3ccccc3n2)c1. The molecule has 1 heterocycles. The van der Waals surface area contributed by atoms with Crippen molar-refractivity contribution >= 4 is 44.8 Å². The Morgan fingerprint density at radius 3 is 1.73 bits per heavy atom. The number of aromatic hydroxyl groups is 1. The topological polar surface area (TPSA) is 78.6 Å². The van der Waals surface area contributed by atoms with E-state index in [0.717, 1.165) is 41.0 Å². The number of fused-ring (bicyclic) bond motifs is 1. The van der Waals surface area contributed by atoms with Crippen LogP contribution in [0.4, 0.5) is 0 Å². The van der Waals surface area contributed by atoms with Gasteiger partial charge in [0.15, 0.2) is 16.6 Å². The summed E-state index contributed by atoms with van der Waals surface area (Å²) >= 11 is 0. The molecule has 230 valence electrons. The molecule has 40 heavy (non-hydrogen) atoms. The van der Waals surface area contributed by atoms with Crippen LogP contribution in [-0.2, 0) is 18.8 Å². The fourth-order valence-corrected chi connectivity index (χ4v) is 22.8. The van der Waals surface area contributed by atoms with Gasteiger partial charge in [-0.2, -0.15) is 0 Å². The number of phenolic OH excluding ortho intramolecular Hbond substituents is 1. The summed E-state index contributed by atoms with van der Waals surface area (Å²) in [6.45, 7) is 21.8. The van der Waals surface area contributed by atoms with Crippen LogP contribution in [0.2, 0.25) is 65.0 Å². The standard InChI is InChI=1S/C25H43N3O4Si4.4CH4/c1-20-18-21(25(29)24(19-20)28-26-22-15-11-12-16-23(22)27-28)14-13-17-36(10,31-34(5,6)7)32-35(8,9)30-33(2,3)4;;;;/h11-12,15-16,18-19,29H,13-14,17H2,1-10H3;4*1H4. The fourth-order valence-electron chi connectivity index (χ4n) is 4.79. The highest BCUT2D eigenvalue weighted by atomic mass is 28.5. The maximum atomic E-state index is 11.2. The van der Waals surface area contributed by atoms with Crippen LogP contribution in [-0.4, -0.2) is 53.9 Å². The van der Waals surface area contributed by atoms with Crippen molar-refractivity contribution < 1.29 is 17.5 Å². The highest BCUT2D eigenvalue weighted by Gasteiger charge is 2.44. The Morgan fingerprint density at radius 1 is 0.750 bits per heavy atom. The Bertz CT molecular complexity index is 1170. The molecule has 1 aromatic heterocycles. The summed E-state index contributed by atoms with van der Waals surface area (Å²) in [4.78, 5) is 1.54. The molecule has 0 saturated heterocycles. The second kappa shape index (κ2) is 15.0. The van der Waals surface area contributed by atoms with Gasteiger partial charge in [0.2, 0.25) is 0 Å². The molecule has 3 rings (SSSR count). The van der Waals surface area contributed by atoms with Crippen molar-refractivity contribution in [3.8, 4) is 11.4 Å². The monoisotopic (exact) mass is 625 g/mol. The second-order valence-electron chi connectivity index (χ2n) is 12.2. The molecule has 0 bridgehead atoms. The molecular formula is C29H59N3O4Si4. The zero-order valence-electron chi connectivity index (χ0n) is 23.6. The molecule has 1 N–H and O–H groups in total. The predicted molar refractivity (Wildman–Crippen MR) is 184 cm³/mol. The van der Waals surface area contributed by atoms with Crippen molar-refractivity contribution in [1.29, 1.82) is 0 Å². The lowest BCUT2D eigenvalue weighted by molar-refractivity contribution is 0.322. The summed E-state index contributed by atoms with van der Waals surface area (Å²) < 4.78 is 20.0. The third-order valence-corrected chi connectivity index (χ3v) is 19.0. The Morgan fingerprint density at radius 2 is 1.25 bits per heavy atom. The van der Waals surface area contributed by atoms with Gasteiger partial charge in [0.1, 0.15) is 22.5 Å². The number of aromatic nitrogens is 3. The first kappa shape index (κ1) is 40.5. The quantitative estimate of drug-likeness (QED) is 0.214. The third-order valence-electron chi connectivity index (χ3n) is 5.43. The van der Waals surface area contributed by atoms with Crippen molar-refractivity contribution in [3.63, 3.8) is 0 Å². The van der Waals surface area contributed by atoms with Gasteiger partial charge in [-0.3, -0.25) is 0 Å². The molecular weight excluding hydrogens is 567 g/mol. The van der Waals surface area contributed by atoms with Crippen LogP contribution < -0.4 is 0 Å². The Kier molecular flexibility index (Phi) is 15.2. The van der Waals surface area contributed by atoms with E-state index in [1.54, 1.807) is 0 Å². The minimum Gasteiger partial charge on any atom is -0.505 e. The van der Waals surface area contributed by atoms with E-state index < -0.39 is 33.8 Å². The second-order valence-corrected chi connectivity index (χ2v) is 28.7. The van der Waals surface area contributed by atoms with E-state index in [0.29, 0.717) is 5.69 Å². The molecule has 0 amide bonds. The first-order valence-electron chi connectivity index (χ1n) is 12.7. The first-order valence-corrected chi connectivity index (χ1v) is 24.9. The lowest BCUT2D eigenvalue weighted by Gasteiger charge is -2.41. The smallest absolute Gasteiger partial charge is 0.315 e. The molecule has 0 fully saturated rings. The largest absolute Gasteiger partial charge is 0.505 e. The number of aryl methyl sites for hydroxylation is 2. The summed E-state index contributed by atoms with van der Waals surface area (Å²) in [5, 5.41) is 20.3. The summed E-state index contributed by atoms with van der Waals surface area (Å²) in [5.74, 6) is 0.230. The van der Waals surface area contributed by atoms with Gasteiger partial charge in [0.05, 0.1) is 0 Å². The Labute approximate surface area is 250 Å². The van der Waals surface area contributed by atoms with Gasteiger partial charge >= 0.3 is 17.1 Å². The number of hydrogen-bond donors (Lipinski definition) is 1. The Balaban J connectivity index is 0. The number of hydrogen-bond acceptors (Lipinski definition) is 6. The van der Waals surface area contributed by atoms with Crippen molar-refractivity contribution in [2.45, 2.75) is 114 Å². The van der Waals surface area contributed by atoms with E-state index in [1.165, 1.54) is 4.80 Å². The number of rotatable bonds is 11. The van der Waals surface area contributed by atoms with Gasteiger partial charge < -0.3 is 17.5 Å². The zero-order chi connectivity index (χ0) is 26.9. The average molecular weight is 626 g/mol. The predicted octanol–water partition coefficient (Wildman–Crippen LogP) is 9.40. The third kappa shape index (κ3) is 11.7. The van der Waals surface area contributed by atoms with Crippen molar-refractivity contribution in [1.82, 2.24) is 15.0 Å². The molecule has 1 atom stereocenters. The van der Waals surface area contributed by atoms with Crippen LogP contribution >= 0.6 is 0 Å². The molecule has 7 nitrogen and oxygen atoms in total. The normalized spacial score (nSPS) is 13.3.